The molecule has 1 fully saturated rings. The first-order chi connectivity index (χ1) is 8.65. The summed E-state index contributed by atoms with van der Waals surface area (Å²) < 4.78 is 0. The zero-order chi connectivity index (χ0) is 13.0. The van der Waals surface area contributed by atoms with E-state index in [-0.39, 0.29) is 6.03 Å². The molecule has 0 unspecified atom stereocenters. The molecule has 2 N–H and O–H groups in total. The minimum atomic E-state index is -0.143. The molecule has 2 rings (SSSR count). The molecule has 3 nitrogen and oxygen atoms in total. The van der Waals surface area contributed by atoms with Crippen molar-refractivity contribution in [3.63, 3.8) is 0 Å². The van der Waals surface area contributed by atoms with Crippen LogP contribution >= 0.6 is 0 Å². The highest BCUT2D eigenvalue weighted by atomic mass is 16.2. The summed E-state index contributed by atoms with van der Waals surface area (Å²) in [6.45, 7) is 4.68. The Morgan fingerprint density at radius 3 is 2.61 bits per heavy atom. The minimum absolute atomic E-state index is 0.143. The van der Waals surface area contributed by atoms with Crippen molar-refractivity contribution in [1.82, 2.24) is 10.6 Å². The SMILES string of the molecule is C/C(=C\NC(=O)NCc1ccc(C)cc1)C1CC1. The van der Waals surface area contributed by atoms with E-state index in [9.17, 15) is 4.79 Å². The number of hydrogen-bond donors (Lipinski definition) is 2. The molecule has 1 aliphatic rings. The lowest BCUT2D eigenvalue weighted by molar-refractivity contribution is 0.243. The van der Waals surface area contributed by atoms with Gasteiger partial charge in [-0.1, -0.05) is 35.4 Å². The van der Waals surface area contributed by atoms with Gasteiger partial charge in [-0.15, -0.1) is 0 Å². The minimum Gasteiger partial charge on any atom is -0.334 e. The molecule has 3 heteroatoms. The topological polar surface area (TPSA) is 41.1 Å². The third-order valence-corrected chi connectivity index (χ3v) is 3.23. The summed E-state index contributed by atoms with van der Waals surface area (Å²) in [5.41, 5.74) is 3.60. The molecule has 1 aromatic carbocycles. The fourth-order valence-electron chi connectivity index (χ4n) is 1.78. The second kappa shape index (κ2) is 5.71. The van der Waals surface area contributed by atoms with Gasteiger partial charge in [0.1, 0.15) is 0 Å². The largest absolute Gasteiger partial charge is 0.334 e. The van der Waals surface area contributed by atoms with Crippen LogP contribution in [0.15, 0.2) is 36.0 Å². The summed E-state index contributed by atoms with van der Waals surface area (Å²) in [5.74, 6) is 0.697. The first-order valence-corrected chi connectivity index (χ1v) is 6.42. The number of rotatable bonds is 4. The normalized spacial score (nSPS) is 15.3. The predicted molar refractivity (Wildman–Crippen MR) is 73.0 cm³/mol. The molecule has 1 saturated carbocycles. The van der Waals surface area contributed by atoms with Crippen molar-refractivity contribution in [2.45, 2.75) is 33.2 Å². The molecular formula is C15H20N2O. The van der Waals surface area contributed by atoms with Crippen LogP contribution in [-0.4, -0.2) is 6.03 Å². The average molecular weight is 244 g/mol. The van der Waals surface area contributed by atoms with Crippen molar-refractivity contribution in [3.8, 4) is 0 Å². The van der Waals surface area contributed by atoms with Gasteiger partial charge in [0.2, 0.25) is 0 Å². The molecule has 0 aliphatic heterocycles. The van der Waals surface area contributed by atoms with E-state index in [0.717, 1.165) is 5.56 Å². The number of carbonyl (C=O) groups excluding carboxylic acids is 1. The van der Waals surface area contributed by atoms with Gasteiger partial charge >= 0.3 is 6.03 Å². The molecule has 1 aromatic rings. The van der Waals surface area contributed by atoms with Crippen molar-refractivity contribution in [2.75, 3.05) is 0 Å². The van der Waals surface area contributed by atoms with Gasteiger partial charge in [0.05, 0.1) is 0 Å². The van der Waals surface area contributed by atoms with Gasteiger partial charge in [-0.25, -0.2) is 4.79 Å². The Morgan fingerprint density at radius 1 is 1.33 bits per heavy atom. The highest BCUT2D eigenvalue weighted by molar-refractivity contribution is 5.74. The maximum absolute atomic E-state index is 11.6. The quantitative estimate of drug-likeness (QED) is 0.839. The van der Waals surface area contributed by atoms with Crippen molar-refractivity contribution >= 4 is 6.03 Å². The van der Waals surface area contributed by atoms with Crippen molar-refractivity contribution in [2.24, 2.45) is 5.92 Å². The fourth-order valence-corrected chi connectivity index (χ4v) is 1.78. The van der Waals surface area contributed by atoms with E-state index in [2.05, 4.69) is 24.5 Å². The molecule has 1 aliphatic carbocycles. The number of nitrogens with one attached hydrogen (secondary N) is 2. The fraction of sp³-hybridized carbons (Fsp3) is 0.400. The second-order valence-corrected chi connectivity index (χ2v) is 4.98. The van der Waals surface area contributed by atoms with Crippen molar-refractivity contribution in [3.05, 3.63) is 47.2 Å². The molecule has 0 saturated heterocycles. The van der Waals surface area contributed by atoms with Gasteiger partial charge < -0.3 is 10.6 Å². The van der Waals surface area contributed by atoms with Gasteiger partial charge in [0, 0.05) is 12.7 Å². The van der Waals surface area contributed by atoms with E-state index in [4.69, 9.17) is 0 Å². The summed E-state index contributed by atoms with van der Waals surface area (Å²) in [6, 6.07) is 8.01. The van der Waals surface area contributed by atoms with Crippen LogP contribution in [0.25, 0.3) is 0 Å². The molecular weight excluding hydrogens is 224 g/mol. The maximum atomic E-state index is 11.6. The molecule has 0 bridgehead atoms. The Morgan fingerprint density at radius 2 is 2.00 bits per heavy atom. The maximum Gasteiger partial charge on any atom is 0.319 e. The Balaban J connectivity index is 1.74. The van der Waals surface area contributed by atoms with Gasteiger partial charge in [0.25, 0.3) is 0 Å². The summed E-state index contributed by atoms with van der Waals surface area (Å²) in [5, 5.41) is 5.61. The number of amides is 2. The number of hydrogen-bond acceptors (Lipinski definition) is 1. The summed E-state index contributed by atoms with van der Waals surface area (Å²) in [6.07, 6.45) is 4.34. The third kappa shape index (κ3) is 3.91. The van der Waals surface area contributed by atoms with E-state index >= 15 is 0 Å². The van der Waals surface area contributed by atoms with Crippen LogP contribution in [0.3, 0.4) is 0 Å². The first-order valence-electron chi connectivity index (χ1n) is 6.42. The monoisotopic (exact) mass is 244 g/mol. The zero-order valence-corrected chi connectivity index (χ0v) is 11.0. The van der Waals surface area contributed by atoms with Crippen molar-refractivity contribution in [1.29, 1.82) is 0 Å². The lowest BCUT2D eigenvalue weighted by Gasteiger charge is -2.06. The number of allylic oxidation sites excluding steroid dienone is 1. The number of carbonyl (C=O) groups is 1. The zero-order valence-electron chi connectivity index (χ0n) is 11.0. The van der Waals surface area contributed by atoms with Crippen LogP contribution < -0.4 is 10.6 Å². The van der Waals surface area contributed by atoms with Crippen LogP contribution in [0, 0.1) is 12.8 Å². The van der Waals surface area contributed by atoms with Gasteiger partial charge in [-0.05, 0) is 38.2 Å². The molecule has 0 aromatic heterocycles. The molecule has 18 heavy (non-hydrogen) atoms. The third-order valence-electron chi connectivity index (χ3n) is 3.23. The van der Waals surface area contributed by atoms with Crippen LogP contribution in [0.4, 0.5) is 4.79 Å². The molecule has 0 heterocycles. The molecule has 0 atom stereocenters. The van der Waals surface area contributed by atoms with E-state index in [1.165, 1.54) is 24.0 Å². The lowest BCUT2D eigenvalue weighted by Crippen LogP contribution is -2.31. The lowest BCUT2D eigenvalue weighted by atomic mass is 10.1. The summed E-state index contributed by atoms with van der Waals surface area (Å²) >= 11 is 0. The second-order valence-electron chi connectivity index (χ2n) is 4.98. The number of benzene rings is 1. The van der Waals surface area contributed by atoms with E-state index in [0.29, 0.717) is 12.5 Å². The van der Waals surface area contributed by atoms with Crippen LogP contribution in [-0.2, 0) is 6.54 Å². The Kier molecular flexibility index (Phi) is 4.03. The van der Waals surface area contributed by atoms with Gasteiger partial charge in [0.15, 0.2) is 0 Å². The summed E-state index contributed by atoms with van der Waals surface area (Å²) in [4.78, 5) is 11.6. The molecule has 0 spiro atoms. The average Bonchev–Trinajstić information content (AvgIpc) is 3.19. The number of urea groups is 1. The molecule has 0 radical (unpaired) electrons. The molecule has 2 amide bonds. The van der Waals surface area contributed by atoms with Crippen LogP contribution in [0.1, 0.15) is 30.9 Å². The van der Waals surface area contributed by atoms with E-state index in [1.807, 2.05) is 30.5 Å². The van der Waals surface area contributed by atoms with E-state index in [1.54, 1.807) is 0 Å². The van der Waals surface area contributed by atoms with Crippen LogP contribution in [0.2, 0.25) is 0 Å². The Hall–Kier alpha value is -1.77. The van der Waals surface area contributed by atoms with Gasteiger partial charge in [-0.3, -0.25) is 0 Å². The van der Waals surface area contributed by atoms with Gasteiger partial charge in [-0.2, -0.15) is 0 Å². The Bertz CT molecular complexity index is 444. The highest BCUT2D eigenvalue weighted by Gasteiger charge is 2.22. The highest BCUT2D eigenvalue weighted by Crippen LogP contribution is 2.35. The number of aryl methyl sites for hydroxylation is 1. The molecule has 96 valence electrons. The Labute approximate surface area is 108 Å². The predicted octanol–water partition coefficient (Wildman–Crippen LogP) is 3.11. The smallest absolute Gasteiger partial charge is 0.319 e. The van der Waals surface area contributed by atoms with Crippen molar-refractivity contribution < 1.29 is 4.79 Å². The first kappa shape index (κ1) is 12.7. The van der Waals surface area contributed by atoms with E-state index < -0.39 is 0 Å². The van der Waals surface area contributed by atoms with Crippen LogP contribution in [0.5, 0.6) is 0 Å². The summed E-state index contributed by atoms with van der Waals surface area (Å²) in [7, 11) is 0. The standard InChI is InChI=1S/C15H20N2O/c1-11-3-5-13(6-4-11)10-17-15(18)16-9-12(2)14-7-8-14/h3-6,9,14H,7-8,10H2,1-2H3,(H2,16,17,18)/b12-9+.